The van der Waals surface area contributed by atoms with Gasteiger partial charge in [0.15, 0.2) is 5.82 Å². The maximum Gasteiger partial charge on any atom is 0.235 e. The Kier molecular flexibility index (Phi) is 3.94. The number of hydrogen-bond acceptors (Lipinski definition) is 4. The van der Waals surface area contributed by atoms with E-state index in [2.05, 4.69) is 15.5 Å². The van der Waals surface area contributed by atoms with Crippen LogP contribution in [-0.2, 0) is 4.79 Å². The van der Waals surface area contributed by atoms with Gasteiger partial charge < -0.3 is 9.84 Å². The van der Waals surface area contributed by atoms with Gasteiger partial charge in [-0.05, 0) is 5.56 Å². The molecule has 1 atom stereocenters. The van der Waals surface area contributed by atoms with Crippen molar-refractivity contribution in [3.05, 3.63) is 47.6 Å². The summed E-state index contributed by atoms with van der Waals surface area (Å²) in [6.07, 6.45) is 0. The first kappa shape index (κ1) is 12.6. The predicted molar refractivity (Wildman–Crippen MR) is 66.2 cm³/mol. The van der Waals surface area contributed by atoms with E-state index in [0.717, 1.165) is 5.56 Å². The quantitative estimate of drug-likeness (QED) is 0.857. The fraction of sp³-hybridized carbons (Fsp3) is 0.250. The SMILES string of the molecule is Cc1nc(C(NC(=O)CCl)c2ccccc2)no1. The molecule has 0 saturated carbocycles. The molecular weight excluding hydrogens is 254 g/mol. The van der Waals surface area contributed by atoms with Crippen LogP contribution in [0, 0.1) is 6.92 Å². The van der Waals surface area contributed by atoms with Crippen LogP contribution in [0.4, 0.5) is 0 Å². The first-order valence-corrected chi connectivity index (χ1v) is 5.94. The van der Waals surface area contributed by atoms with Gasteiger partial charge in [-0.15, -0.1) is 11.6 Å². The number of aromatic nitrogens is 2. The second-order valence-corrected chi connectivity index (χ2v) is 3.98. The van der Waals surface area contributed by atoms with E-state index in [9.17, 15) is 4.79 Å². The van der Waals surface area contributed by atoms with E-state index in [4.69, 9.17) is 16.1 Å². The topological polar surface area (TPSA) is 68.0 Å². The average molecular weight is 266 g/mol. The summed E-state index contributed by atoms with van der Waals surface area (Å²) < 4.78 is 4.94. The molecule has 1 heterocycles. The van der Waals surface area contributed by atoms with Gasteiger partial charge >= 0.3 is 0 Å². The van der Waals surface area contributed by atoms with Crippen LogP contribution in [0.3, 0.4) is 0 Å². The normalized spacial score (nSPS) is 12.1. The zero-order valence-electron chi connectivity index (χ0n) is 9.76. The Labute approximate surface area is 109 Å². The summed E-state index contributed by atoms with van der Waals surface area (Å²) in [5.74, 6) is 0.469. The maximum absolute atomic E-state index is 11.4. The van der Waals surface area contributed by atoms with E-state index >= 15 is 0 Å². The third-order valence-corrected chi connectivity index (χ3v) is 2.60. The highest BCUT2D eigenvalue weighted by atomic mass is 35.5. The number of halogens is 1. The standard InChI is InChI=1S/C12H12ClN3O2/c1-8-14-12(16-18-8)11(15-10(17)7-13)9-5-3-2-4-6-9/h2-6,11H,7H2,1H3,(H,15,17). The Morgan fingerprint density at radius 1 is 1.44 bits per heavy atom. The predicted octanol–water partition coefficient (Wildman–Crippen LogP) is 1.82. The first-order chi connectivity index (χ1) is 8.70. The molecule has 0 saturated heterocycles. The summed E-state index contributed by atoms with van der Waals surface area (Å²) in [4.78, 5) is 15.6. The summed E-state index contributed by atoms with van der Waals surface area (Å²) in [5.41, 5.74) is 0.872. The van der Waals surface area contributed by atoms with E-state index in [0.29, 0.717) is 11.7 Å². The summed E-state index contributed by atoms with van der Waals surface area (Å²) in [7, 11) is 0. The van der Waals surface area contributed by atoms with Crippen LogP contribution < -0.4 is 5.32 Å². The summed E-state index contributed by atoms with van der Waals surface area (Å²) in [5, 5.41) is 6.59. The summed E-state index contributed by atoms with van der Waals surface area (Å²) in [6, 6.07) is 8.96. The number of carbonyl (C=O) groups is 1. The molecule has 2 rings (SSSR count). The van der Waals surface area contributed by atoms with Crippen LogP contribution in [0.25, 0.3) is 0 Å². The van der Waals surface area contributed by atoms with E-state index in [-0.39, 0.29) is 11.8 Å². The second kappa shape index (κ2) is 5.64. The smallest absolute Gasteiger partial charge is 0.235 e. The lowest BCUT2D eigenvalue weighted by molar-refractivity contribution is -0.119. The largest absolute Gasteiger partial charge is 0.341 e. The lowest BCUT2D eigenvalue weighted by atomic mass is 10.1. The van der Waals surface area contributed by atoms with E-state index in [1.165, 1.54) is 0 Å². The Morgan fingerprint density at radius 3 is 2.72 bits per heavy atom. The lowest BCUT2D eigenvalue weighted by Crippen LogP contribution is -2.30. The fourth-order valence-corrected chi connectivity index (χ4v) is 1.65. The lowest BCUT2D eigenvalue weighted by Gasteiger charge is -2.14. The number of nitrogens with one attached hydrogen (secondary N) is 1. The molecule has 0 bridgehead atoms. The van der Waals surface area contributed by atoms with Crippen molar-refractivity contribution in [3.63, 3.8) is 0 Å². The number of carbonyl (C=O) groups excluding carboxylic acids is 1. The number of alkyl halides is 1. The molecule has 0 aliphatic heterocycles. The van der Waals surface area contributed by atoms with Gasteiger partial charge in [-0.1, -0.05) is 35.5 Å². The first-order valence-electron chi connectivity index (χ1n) is 5.41. The molecule has 18 heavy (non-hydrogen) atoms. The molecule has 0 spiro atoms. The molecule has 0 aliphatic carbocycles. The Morgan fingerprint density at radius 2 is 2.17 bits per heavy atom. The van der Waals surface area contributed by atoms with Gasteiger partial charge in [0, 0.05) is 6.92 Å². The molecule has 1 amide bonds. The van der Waals surface area contributed by atoms with Gasteiger partial charge in [0.1, 0.15) is 11.9 Å². The van der Waals surface area contributed by atoms with Crippen LogP contribution in [0.2, 0.25) is 0 Å². The molecule has 0 radical (unpaired) electrons. The molecule has 1 aromatic carbocycles. The molecule has 2 aromatic rings. The summed E-state index contributed by atoms with van der Waals surface area (Å²) in [6.45, 7) is 1.70. The van der Waals surface area contributed by atoms with Gasteiger partial charge in [-0.25, -0.2) is 0 Å². The molecule has 6 heteroatoms. The number of rotatable bonds is 4. The molecule has 1 aromatic heterocycles. The summed E-state index contributed by atoms with van der Waals surface area (Å²) >= 11 is 5.50. The Balaban J connectivity index is 2.32. The van der Waals surface area contributed by atoms with Crippen molar-refractivity contribution in [1.29, 1.82) is 0 Å². The molecule has 5 nitrogen and oxygen atoms in total. The third kappa shape index (κ3) is 2.87. The van der Waals surface area contributed by atoms with Gasteiger partial charge in [0.25, 0.3) is 0 Å². The van der Waals surface area contributed by atoms with Gasteiger partial charge in [-0.2, -0.15) is 4.98 Å². The van der Waals surface area contributed by atoms with Crippen LogP contribution >= 0.6 is 11.6 Å². The highest BCUT2D eigenvalue weighted by Gasteiger charge is 2.21. The van der Waals surface area contributed by atoms with E-state index in [1.807, 2.05) is 30.3 Å². The number of amides is 1. The maximum atomic E-state index is 11.4. The fourth-order valence-electron chi connectivity index (χ4n) is 1.57. The Bertz CT molecular complexity index is 527. The highest BCUT2D eigenvalue weighted by Crippen LogP contribution is 2.19. The van der Waals surface area contributed by atoms with Crippen LogP contribution in [0.5, 0.6) is 0 Å². The second-order valence-electron chi connectivity index (χ2n) is 3.72. The molecule has 1 unspecified atom stereocenters. The number of hydrogen-bond donors (Lipinski definition) is 1. The Hall–Kier alpha value is -1.88. The zero-order valence-corrected chi connectivity index (χ0v) is 10.5. The monoisotopic (exact) mass is 265 g/mol. The van der Waals surface area contributed by atoms with Gasteiger partial charge in [0.05, 0.1) is 0 Å². The molecule has 0 fully saturated rings. The van der Waals surface area contributed by atoms with Crippen molar-refractivity contribution in [2.75, 3.05) is 5.88 Å². The number of aryl methyl sites for hydroxylation is 1. The zero-order chi connectivity index (χ0) is 13.0. The average Bonchev–Trinajstić information content (AvgIpc) is 2.83. The van der Waals surface area contributed by atoms with Crippen molar-refractivity contribution in [2.24, 2.45) is 0 Å². The minimum absolute atomic E-state index is 0.111. The van der Waals surface area contributed by atoms with Crippen molar-refractivity contribution < 1.29 is 9.32 Å². The number of benzene rings is 1. The molecule has 94 valence electrons. The van der Waals surface area contributed by atoms with Gasteiger partial charge in [-0.3, -0.25) is 4.79 Å². The van der Waals surface area contributed by atoms with Crippen molar-refractivity contribution in [3.8, 4) is 0 Å². The molecule has 0 aliphatic rings. The third-order valence-electron chi connectivity index (χ3n) is 2.36. The minimum atomic E-state index is -0.449. The van der Waals surface area contributed by atoms with Gasteiger partial charge in [0.2, 0.25) is 11.8 Å². The van der Waals surface area contributed by atoms with Crippen LogP contribution in [0.15, 0.2) is 34.9 Å². The van der Waals surface area contributed by atoms with Crippen LogP contribution in [0.1, 0.15) is 23.3 Å². The molecule has 1 N–H and O–H groups in total. The number of nitrogens with zero attached hydrogens (tertiary/aromatic N) is 2. The van der Waals surface area contributed by atoms with E-state index in [1.54, 1.807) is 6.92 Å². The van der Waals surface area contributed by atoms with Crippen molar-refractivity contribution >= 4 is 17.5 Å². The van der Waals surface area contributed by atoms with Crippen molar-refractivity contribution in [1.82, 2.24) is 15.5 Å². The van der Waals surface area contributed by atoms with Crippen molar-refractivity contribution in [2.45, 2.75) is 13.0 Å². The molecular formula is C12H12ClN3O2. The van der Waals surface area contributed by atoms with E-state index < -0.39 is 6.04 Å². The minimum Gasteiger partial charge on any atom is -0.341 e. The van der Waals surface area contributed by atoms with Crippen LogP contribution in [-0.4, -0.2) is 21.9 Å². The highest BCUT2D eigenvalue weighted by molar-refractivity contribution is 6.27.